The SMILES string of the molecule is CCOC(=O)COc1ccc(C=C2SC(=O)N(Cc3ccc(F)cc3)C2=O)cc1Cl. The highest BCUT2D eigenvalue weighted by Crippen LogP contribution is 2.34. The van der Waals surface area contributed by atoms with Crippen molar-refractivity contribution < 1.29 is 28.2 Å². The predicted octanol–water partition coefficient (Wildman–Crippen LogP) is 4.66. The van der Waals surface area contributed by atoms with E-state index in [-0.39, 0.29) is 35.5 Å². The molecular formula is C21H17ClFNO5S. The average molecular weight is 450 g/mol. The van der Waals surface area contributed by atoms with E-state index in [2.05, 4.69) is 0 Å². The first kappa shape index (κ1) is 21.9. The van der Waals surface area contributed by atoms with Gasteiger partial charge in [-0.05, 0) is 60.2 Å². The van der Waals surface area contributed by atoms with Gasteiger partial charge in [0.1, 0.15) is 11.6 Å². The summed E-state index contributed by atoms with van der Waals surface area (Å²) in [6.07, 6.45) is 1.55. The maximum absolute atomic E-state index is 13.0. The van der Waals surface area contributed by atoms with Gasteiger partial charge >= 0.3 is 5.97 Å². The molecule has 1 saturated heterocycles. The Morgan fingerprint density at radius 3 is 2.60 bits per heavy atom. The Labute approximate surface area is 181 Å². The van der Waals surface area contributed by atoms with Gasteiger partial charge in [-0.3, -0.25) is 14.5 Å². The van der Waals surface area contributed by atoms with E-state index >= 15 is 0 Å². The van der Waals surface area contributed by atoms with Gasteiger partial charge in [0.05, 0.1) is 23.1 Å². The van der Waals surface area contributed by atoms with Gasteiger partial charge in [0, 0.05) is 0 Å². The number of halogens is 2. The maximum Gasteiger partial charge on any atom is 0.344 e. The summed E-state index contributed by atoms with van der Waals surface area (Å²) in [5.74, 6) is -1.04. The van der Waals surface area contributed by atoms with Gasteiger partial charge in [-0.15, -0.1) is 0 Å². The lowest BCUT2D eigenvalue weighted by Gasteiger charge is -2.12. The van der Waals surface area contributed by atoms with Crippen molar-refractivity contribution >= 4 is 46.6 Å². The van der Waals surface area contributed by atoms with Crippen LogP contribution in [0.15, 0.2) is 47.4 Å². The molecule has 1 fully saturated rings. The first-order valence-corrected chi connectivity index (χ1v) is 10.1. The molecule has 30 heavy (non-hydrogen) atoms. The Hall–Kier alpha value is -2.84. The number of esters is 1. The molecule has 0 saturated carbocycles. The van der Waals surface area contributed by atoms with Crippen LogP contribution in [0.25, 0.3) is 6.08 Å². The second-order valence-corrected chi connectivity index (χ2v) is 7.58. The van der Waals surface area contributed by atoms with Crippen LogP contribution in [-0.2, 0) is 20.9 Å². The van der Waals surface area contributed by atoms with E-state index < -0.39 is 17.1 Å². The molecule has 156 valence electrons. The molecule has 0 spiro atoms. The minimum atomic E-state index is -0.507. The van der Waals surface area contributed by atoms with Crippen molar-refractivity contribution in [3.8, 4) is 5.75 Å². The van der Waals surface area contributed by atoms with Crippen molar-refractivity contribution in [2.45, 2.75) is 13.5 Å². The van der Waals surface area contributed by atoms with Crippen LogP contribution < -0.4 is 4.74 Å². The molecule has 1 heterocycles. The number of thioether (sulfide) groups is 1. The lowest BCUT2D eigenvalue weighted by atomic mass is 10.2. The third-order valence-corrected chi connectivity index (χ3v) is 5.23. The van der Waals surface area contributed by atoms with Gasteiger partial charge in [0.25, 0.3) is 11.1 Å². The van der Waals surface area contributed by atoms with E-state index in [0.29, 0.717) is 16.9 Å². The molecule has 6 nitrogen and oxygen atoms in total. The average Bonchev–Trinajstić information content (AvgIpc) is 2.96. The predicted molar refractivity (Wildman–Crippen MR) is 111 cm³/mol. The molecule has 0 unspecified atom stereocenters. The van der Waals surface area contributed by atoms with Crippen molar-refractivity contribution in [3.05, 3.63) is 69.3 Å². The second-order valence-electron chi connectivity index (χ2n) is 6.18. The fraction of sp³-hybridized carbons (Fsp3) is 0.190. The zero-order valence-electron chi connectivity index (χ0n) is 15.9. The Morgan fingerprint density at radius 2 is 1.93 bits per heavy atom. The lowest BCUT2D eigenvalue weighted by Crippen LogP contribution is -2.27. The molecule has 1 aliphatic heterocycles. The van der Waals surface area contributed by atoms with Crippen molar-refractivity contribution in [2.75, 3.05) is 13.2 Å². The molecule has 0 aliphatic carbocycles. The van der Waals surface area contributed by atoms with E-state index in [0.717, 1.165) is 16.7 Å². The fourth-order valence-corrected chi connectivity index (χ4v) is 3.71. The zero-order valence-corrected chi connectivity index (χ0v) is 17.5. The first-order chi connectivity index (χ1) is 14.4. The summed E-state index contributed by atoms with van der Waals surface area (Å²) in [6, 6.07) is 10.4. The Bertz CT molecular complexity index is 1010. The smallest absolute Gasteiger partial charge is 0.344 e. The van der Waals surface area contributed by atoms with Crippen LogP contribution in [0.2, 0.25) is 5.02 Å². The number of hydrogen-bond donors (Lipinski definition) is 0. The molecule has 1 aliphatic rings. The van der Waals surface area contributed by atoms with Crippen LogP contribution >= 0.6 is 23.4 Å². The van der Waals surface area contributed by atoms with E-state index in [1.165, 1.54) is 24.3 Å². The van der Waals surface area contributed by atoms with E-state index in [4.69, 9.17) is 21.1 Å². The van der Waals surface area contributed by atoms with E-state index in [1.807, 2.05) is 0 Å². The van der Waals surface area contributed by atoms with Crippen molar-refractivity contribution in [2.24, 2.45) is 0 Å². The highest BCUT2D eigenvalue weighted by atomic mass is 35.5. The van der Waals surface area contributed by atoms with E-state index in [1.54, 1.807) is 31.2 Å². The summed E-state index contributed by atoms with van der Waals surface area (Å²) in [5.41, 5.74) is 1.24. The zero-order chi connectivity index (χ0) is 21.7. The largest absolute Gasteiger partial charge is 0.480 e. The van der Waals surface area contributed by atoms with Gasteiger partial charge in [0.2, 0.25) is 0 Å². The molecule has 0 aromatic heterocycles. The summed E-state index contributed by atoms with van der Waals surface area (Å²) in [6.45, 7) is 1.74. The third kappa shape index (κ3) is 5.40. The van der Waals surface area contributed by atoms with Crippen molar-refractivity contribution in [1.82, 2.24) is 4.90 Å². The molecule has 0 radical (unpaired) electrons. The van der Waals surface area contributed by atoms with Crippen LogP contribution in [0.5, 0.6) is 5.75 Å². The van der Waals surface area contributed by atoms with Gasteiger partial charge in [-0.25, -0.2) is 9.18 Å². The molecule has 0 bridgehead atoms. The summed E-state index contributed by atoms with van der Waals surface area (Å²) in [4.78, 5) is 37.6. The Balaban J connectivity index is 1.69. The van der Waals surface area contributed by atoms with Crippen LogP contribution in [-0.4, -0.2) is 35.2 Å². The highest BCUT2D eigenvalue weighted by molar-refractivity contribution is 8.18. The number of imide groups is 1. The number of nitrogens with zero attached hydrogens (tertiary/aromatic N) is 1. The van der Waals surface area contributed by atoms with Crippen LogP contribution in [0, 0.1) is 5.82 Å². The highest BCUT2D eigenvalue weighted by Gasteiger charge is 2.35. The molecule has 2 aromatic carbocycles. The normalized spacial score (nSPS) is 15.0. The molecule has 3 rings (SSSR count). The van der Waals surface area contributed by atoms with Gasteiger partial charge in [0.15, 0.2) is 6.61 Å². The molecule has 9 heteroatoms. The molecule has 2 amide bonds. The molecular weight excluding hydrogens is 433 g/mol. The maximum atomic E-state index is 13.0. The number of amides is 2. The number of ether oxygens (including phenoxy) is 2. The van der Waals surface area contributed by atoms with Gasteiger partial charge in [-0.1, -0.05) is 29.8 Å². The van der Waals surface area contributed by atoms with Crippen LogP contribution in [0.3, 0.4) is 0 Å². The van der Waals surface area contributed by atoms with Crippen LogP contribution in [0.4, 0.5) is 9.18 Å². The Kier molecular flexibility index (Phi) is 7.12. The number of hydrogen-bond acceptors (Lipinski definition) is 6. The third-order valence-electron chi connectivity index (χ3n) is 4.03. The fourth-order valence-electron chi connectivity index (χ4n) is 2.62. The molecule has 2 aromatic rings. The molecule has 0 N–H and O–H groups in total. The minimum Gasteiger partial charge on any atom is -0.480 e. The van der Waals surface area contributed by atoms with Crippen LogP contribution in [0.1, 0.15) is 18.1 Å². The number of rotatable bonds is 7. The first-order valence-electron chi connectivity index (χ1n) is 8.95. The Morgan fingerprint density at radius 1 is 1.20 bits per heavy atom. The van der Waals surface area contributed by atoms with E-state index in [9.17, 15) is 18.8 Å². The van der Waals surface area contributed by atoms with Gasteiger partial charge in [-0.2, -0.15) is 0 Å². The number of carbonyl (C=O) groups excluding carboxylic acids is 3. The van der Waals surface area contributed by atoms with Crippen molar-refractivity contribution in [1.29, 1.82) is 0 Å². The monoisotopic (exact) mass is 449 g/mol. The summed E-state index contributed by atoms with van der Waals surface area (Å²) < 4.78 is 23.1. The minimum absolute atomic E-state index is 0.0592. The topological polar surface area (TPSA) is 72.9 Å². The number of carbonyl (C=O) groups is 3. The standard InChI is InChI=1S/C21H17ClFNO5S/c1-2-28-19(25)12-29-17-8-5-14(9-16(17)22)10-18-20(26)24(21(27)30-18)11-13-3-6-15(23)7-4-13/h3-10H,2,11-12H2,1H3. The summed E-state index contributed by atoms with van der Waals surface area (Å²) in [7, 11) is 0. The molecule has 0 atom stereocenters. The van der Waals surface area contributed by atoms with Gasteiger partial charge < -0.3 is 9.47 Å². The summed E-state index contributed by atoms with van der Waals surface area (Å²) in [5, 5.41) is -0.158. The number of benzene rings is 2. The second kappa shape index (κ2) is 9.77. The summed E-state index contributed by atoms with van der Waals surface area (Å²) >= 11 is 7.00. The quantitative estimate of drug-likeness (QED) is 0.452. The van der Waals surface area contributed by atoms with Crippen molar-refractivity contribution in [3.63, 3.8) is 0 Å². The lowest BCUT2D eigenvalue weighted by molar-refractivity contribution is -0.145.